The van der Waals surface area contributed by atoms with Crippen LogP contribution in [0, 0.1) is 17.4 Å². The molecule has 1 fully saturated rings. The highest BCUT2D eigenvalue weighted by Crippen LogP contribution is 2.26. The van der Waals surface area contributed by atoms with E-state index in [9.17, 15) is 5.11 Å². The van der Waals surface area contributed by atoms with Crippen molar-refractivity contribution in [3.63, 3.8) is 0 Å². The van der Waals surface area contributed by atoms with Crippen LogP contribution in [0.1, 0.15) is 52.9 Å². The zero-order valence-electron chi connectivity index (χ0n) is 11.8. The van der Waals surface area contributed by atoms with Gasteiger partial charge in [0.2, 0.25) is 0 Å². The second kappa shape index (κ2) is 7.23. The molecule has 1 unspecified atom stereocenters. The summed E-state index contributed by atoms with van der Waals surface area (Å²) in [5.41, 5.74) is 3.52. The minimum atomic E-state index is -1.36. The summed E-state index contributed by atoms with van der Waals surface area (Å²) < 4.78 is 0. The Morgan fingerprint density at radius 1 is 1.06 bits per heavy atom. The minimum Gasteiger partial charge on any atom is -0.380 e. The van der Waals surface area contributed by atoms with Gasteiger partial charge in [0.1, 0.15) is 14.2 Å². The van der Waals surface area contributed by atoms with E-state index in [1.807, 2.05) is 0 Å². The molecule has 0 radical (unpaired) electrons. The van der Waals surface area contributed by atoms with E-state index in [1.54, 1.807) is 0 Å². The van der Waals surface area contributed by atoms with E-state index in [4.69, 9.17) is 0 Å². The lowest BCUT2D eigenvalue weighted by atomic mass is 9.85. The van der Waals surface area contributed by atoms with Crippen LogP contribution in [0.3, 0.4) is 0 Å². The Kier molecular flexibility index (Phi) is 6.30. The first-order valence-corrected chi connectivity index (χ1v) is 10.0. The van der Waals surface area contributed by atoms with Gasteiger partial charge in [-0.2, -0.15) is 0 Å². The summed E-state index contributed by atoms with van der Waals surface area (Å²) in [5, 5.41) is 10.2. The molecular weight excluding hydrogens is 224 g/mol. The second-order valence-electron chi connectivity index (χ2n) is 5.45. The van der Waals surface area contributed by atoms with E-state index in [1.165, 1.54) is 50.2 Å². The lowest BCUT2D eigenvalue weighted by Crippen LogP contribution is -2.30. The highest BCUT2D eigenvalue weighted by Gasteiger charge is 2.25. The van der Waals surface area contributed by atoms with Crippen molar-refractivity contribution >= 4 is 8.07 Å². The Hall–Kier alpha value is -0.263. The highest BCUT2D eigenvalue weighted by molar-refractivity contribution is 6.87. The van der Waals surface area contributed by atoms with Crippen molar-refractivity contribution in [2.75, 3.05) is 0 Å². The molecule has 0 amide bonds. The summed E-state index contributed by atoms with van der Waals surface area (Å²) in [6.45, 7) is 6.79. The molecule has 0 heterocycles. The largest absolute Gasteiger partial charge is 0.380 e. The normalized spacial score (nSPS) is 19.5. The molecule has 0 saturated heterocycles. The molecule has 1 rings (SSSR count). The van der Waals surface area contributed by atoms with Gasteiger partial charge in [0, 0.05) is 0 Å². The van der Waals surface area contributed by atoms with Crippen molar-refractivity contribution in [2.24, 2.45) is 5.92 Å². The van der Waals surface area contributed by atoms with Crippen LogP contribution in [-0.2, 0) is 0 Å². The molecule has 0 aromatic heterocycles. The molecule has 1 atom stereocenters. The molecule has 0 aliphatic heterocycles. The number of hydrogen-bond donors (Lipinski definition) is 1. The van der Waals surface area contributed by atoms with Crippen molar-refractivity contribution in [2.45, 2.75) is 77.1 Å². The van der Waals surface area contributed by atoms with E-state index < -0.39 is 8.07 Å². The molecule has 98 valence electrons. The summed E-state index contributed by atoms with van der Waals surface area (Å²) in [4.78, 5) is 0. The third-order valence-corrected chi connectivity index (χ3v) is 9.35. The lowest BCUT2D eigenvalue weighted by Gasteiger charge is -2.24. The quantitative estimate of drug-likeness (QED) is 0.593. The zero-order valence-corrected chi connectivity index (χ0v) is 12.8. The second-order valence-corrected chi connectivity index (χ2v) is 10.4. The maximum atomic E-state index is 10.2. The van der Waals surface area contributed by atoms with Gasteiger partial charge in [0.25, 0.3) is 0 Å². The van der Waals surface area contributed by atoms with Gasteiger partial charge in [-0.25, -0.2) is 0 Å². The average Bonchev–Trinajstić information content (AvgIpc) is 2.41. The fourth-order valence-corrected chi connectivity index (χ4v) is 5.29. The number of aliphatic hydroxyl groups excluding tert-OH is 1. The van der Waals surface area contributed by atoms with Crippen LogP contribution >= 0.6 is 0 Å². The molecule has 1 aliphatic rings. The standard InChI is InChI=1S/C15H28OSi/c1-4-17(5-2,6-3)13-12-15(16)14-10-8-7-9-11-14/h14-16H,4-11H2,1-3H3. The van der Waals surface area contributed by atoms with E-state index in [2.05, 4.69) is 32.2 Å². The van der Waals surface area contributed by atoms with Crippen LogP contribution < -0.4 is 0 Å². The first-order valence-electron chi connectivity index (χ1n) is 7.38. The SMILES string of the molecule is CC[Si](C#CC(O)C1CCCCC1)(CC)CC. The smallest absolute Gasteiger partial charge is 0.137 e. The van der Waals surface area contributed by atoms with E-state index in [0.29, 0.717) is 5.92 Å². The van der Waals surface area contributed by atoms with Crippen LogP contribution in [0.2, 0.25) is 18.1 Å². The van der Waals surface area contributed by atoms with Gasteiger partial charge in [-0.1, -0.05) is 46.0 Å². The molecule has 2 heteroatoms. The highest BCUT2D eigenvalue weighted by atomic mass is 28.3. The van der Waals surface area contributed by atoms with Gasteiger partial charge in [0.05, 0.1) is 0 Å². The number of aliphatic hydroxyl groups is 1. The van der Waals surface area contributed by atoms with Crippen LogP contribution in [-0.4, -0.2) is 19.3 Å². The molecule has 0 aromatic rings. The molecule has 0 spiro atoms. The molecule has 1 saturated carbocycles. The third-order valence-electron chi connectivity index (χ3n) is 4.61. The van der Waals surface area contributed by atoms with Gasteiger partial charge in [-0.15, -0.1) is 5.54 Å². The molecule has 0 bridgehead atoms. The summed E-state index contributed by atoms with van der Waals surface area (Å²) in [5.74, 6) is 3.67. The molecule has 1 N–H and O–H groups in total. The predicted molar refractivity (Wildman–Crippen MR) is 77.6 cm³/mol. The summed E-state index contributed by atoms with van der Waals surface area (Å²) in [7, 11) is -1.36. The third kappa shape index (κ3) is 4.15. The van der Waals surface area contributed by atoms with Crippen molar-refractivity contribution in [1.29, 1.82) is 0 Å². The van der Waals surface area contributed by atoms with Crippen molar-refractivity contribution in [3.8, 4) is 11.5 Å². The predicted octanol–water partition coefficient (Wildman–Crippen LogP) is 3.98. The van der Waals surface area contributed by atoms with Gasteiger partial charge in [0.15, 0.2) is 0 Å². The first kappa shape index (κ1) is 14.8. The molecule has 1 aliphatic carbocycles. The fraction of sp³-hybridized carbons (Fsp3) is 0.867. The zero-order chi connectivity index (χ0) is 12.7. The minimum absolute atomic E-state index is 0.355. The topological polar surface area (TPSA) is 20.2 Å². The van der Waals surface area contributed by atoms with Crippen molar-refractivity contribution in [3.05, 3.63) is 0 Å². The average molecular weight is 252 g/mol. The van der Waals surface area contributed by atoms with E-state index in [0.717, 1.165) is 0 Å². The van der Waals surface area contributed by atoms with Crippen LogP contribution in [0.5, 0.6) is 0 Å². The fourth-order valence-electron chi connectivity index (χ4n) is 2.81. The molecule has 0 aromatic carbocycles. The molecule has 17 heavy (non-hydrogen) atoms. The number of rotatable bonds is 4. The van der Waals surface area contributed by atoms with Crippen molar-refractivity contribution in [1.82, 2.24) is 0 Å². The van der Waals surface area contributed by atoms with Crippen molar-refractivity contribution < 1.29 is 5.11 Å². The Bertz CT molecular complexity index is 258. The van der Waals surface area contributed by atoms with Crippen LogP contribution in [0.4, 0.5) is 0 Å². The van der Waals surface area contributed by atoms with Crippen LogP contribution in [0.15, 0.2) is 0 Å². The Labute approximate surface area is 108 Å². The summed E-state index contributed by atoms with van der Waals surface area (Å²) in [6.07, 6.45) is 5.90. The number of hydrogen-bond acceptors (Lipinski definition) is 1. The Morgan fingerprint density at radius 3 is 2.06 bits per heavy atom. The molecule has 1 nitrogen and oxygen atoms in total. The maximum absolute atomic E-state index is 10.2. The summed E-state index contributed by atoms with van der Waals surface area (Å²) in [6, 6.07) is 3.68. The van der Waals surface area contributed by atoms with Gasteiger partial charge < -0.3 is 5.11 Å². The Balaban J connectivity index is 2.62. The first-order chi connectivity index (χ1) is 8.17. The maximum Gasteiger partial charge on any atom is 0.137 e. The van der Waals surface area contributed by atoms with Gasteiger partial charge >= 0.3 is 0 Å². The van der Waals surface area contributed by atoms with Crippen LogP contribution in [0.25, 0.3) is 0 Å². The molecular formula is C15H28OSi. The van der Waals surface area contributed by atoms with Gasteiger partial charge in [-0.3, -0.25) is 0 Å². The lowest BCUT2D eigenvalue weighted by molar-refractivity contribution is 0.133. The Morgan fingerprint density at radius 2 is 1.59 bits per heavy atom. The summed E-state index contributed by atoms with van der Waals surface area (Å²) >= 11 is 0. The van der Waals surface area contributed by atoms with E-state index in [-0.39, 0.29) is 6.10 Å². The van der Waals surface area contributed by atoms with E-state index >= 15 is 0 Å². The van der Waals surface area contributed by atoms with Gasteiger partial charge in [-0.05, 0) is 36.9 Å². The monoisotopic (exact) mass is 252 g/mol.